The van der Waals surface area contributed by atoms with Crippen LogP contribution in [0.1, 0.15) is 22.3 Å². The van der Waals surface area contributed by atoms with Crippen molar-refractivity contribution in [2.75, 3.05) is 26.2 Å². The van der Waals surface area contributed by atoms with Crippen LogP contribution in [-0.4, -0.2) is 52.1 Å². The van der Waals surface area contributed by atoms with Gasteiger partial charge in [0.05, 0.1) is 11.1 Å². The lowest BCUT2D eigenvalue weighted by Gasteiger charge is -2.23. The lowest BCUT2D eigenvalue weighted by Crippen LogP contribution is -2.35. The van der Waals surface area contributed by atoms with Crippen molar-refractivity contribution in [3.05, 3.63) is 82.6 Å². The molecule has 2 aromatic heterocycles. The highest BCUT2D eigenvalue weighted by molar-refractivity contribution is 7.07. The zero-order valence-corrected chi connectivity index (χ0v) is 18.1. The summed E-state index contributed by atoms with van der Waals surface area (Å²) in [6.07, 6.45) is 0.965. The van der Waals surface area contributed by atoms with Gasteiger partial charge in [-0.3, -0.25) is 9.69 Å². The van der Waals surface area contributed by atoms with Gasteiger partial charge in [-0.2, -0.15) is 11.3 Å². The molecule has 0 spiro atoms. The van der Waals surface area contributed by atoms with Crippen molar-refractivity contribution in [2.24, 2.45) is 0 Å². The molecular formula is C25H24N4OS. The van der Waals surface area contributed by atoms with Crippen molar-refractivity contribution in [1.29, 1.82) is 0 Å². The summed E-state index contributed by atoms with van der Waals surface area (Å²) < 4.78 is 0. The second-order valence-electron chi connectivity index (χ2n) is 7.86. The number of carbonyl (C=O) groups excluding carboxylic acids is 1. The van der Waals surface area contributed by atoms with E-state index >= 15 is 0 Å². The zero-order chi connectivity index (χ0) is 21.0. The zero-order valence-electron chi connectivity index (χ0n) is 17.3. The highest BCUT2D eigenvalue weighted by Gasteiger charge is 2.26. The van der Waals surface area contributed by atoms with E-state index in [9.17, 15) is 4.79 Å². The van der Waals surface area contributed by atoms with Crippen LogP contribution in [0, 0.1) is 0 Å². The van der Waals surface area contributed by atoms with Gasteiger partial charge in [0.2, 0.25) is 0 Å². The summed E-state index contributed by atoms with van der Waals surface area (Å²) in [7, 11) is 0. The number of hydrogen-bond acceptors (Lipinski definition) is 5. The molecular weight excluding hydrogens is 404 g/mol. The van der Waals surface area contributed by atoms with Crippen molar-refractivity contribution in [3.63, 3.8) is 0 Å². The Bertz CT molecular complexity index is 1180. The van der Waals surface area contributed by atoms with Crippen LogP contribution in [0.3, 0.4) is 0 Å². The molecule has 156 valence electrons. The Hall–Kier alpha value is -3.09. The summed E-state index contributed by atoms with van der Waals surface area (Å²) in [5, 5.41) is 14.1. The van der Waals surface area contributed by atoms with Crippen LogP contribution in [0.25, 0.3) is 22.2 Å². The average molecular weight is 429 g/mol. The average Bonchev–Trinajstić information content (AvgIpc) is 3.22. The lowest BCUT2D eigenvalue weighted by atomic mass is 10.0. The fourth-order valence-electron chi connectivity index (χ4n) is 4.20. The Balaban J connectivity index is 1.46. The van der Waals surface area contributed by atoms with Crippen molar-refractivity contribution in [3.8, 4) is 11.3 Å². The number of rotatable bonds is 4. The smallest absolute Gasteiger partial charge is 0.256 e. The van der Waals surface area contributed by atoms with Crippen molar-refractivity contribution >= 4 is 28.1 Å². The van der Waals surface area contributed by atoms with E-state index in [0.717, 1.165) is 49.1 Å². The summed E-state index contributed by atoms with van der Waals surface area (Å²) in [4.78, 5) is 18.3. The van der Waals surface area contributed by atoms with E-state index in [1.54, 1.807) is 11.3 Å². The molecule has 3 heterocycles. The molecule has 1 fully saturated rings. The van der Waals surface area contributed by atoms with E-state index in [1.165, 1.54) is 5.56 Å². The molecule has 31 heavy (non-hydrogen) atoms. The molecule has 0 N–H and O–H groups in total. The predicted octanol–water partition coefficient (Wildman–Crippen LogP) is 4.71. The largest absolute Gasteiger partial charge is 0.337 e. The molecule has 0 radical (unpaired) electrons. The Morgan fingerprint density at radius 1 is 0.903 bits per heavy atom. The van der Waals surface area contributed by atoms with Crippen LogP contribution < -0.4 is 0 Å². The van der Waals surface area contributed by atoms with Gasteiger partial charge in [-0.15, -0.1) is 10.2 Å². The number of amides is 1. The summed E-state index contributed by atoms with van der Waals surface area (Å²) in [5.41, 5.74) is 4.32. The van der Waals surface area contributed by atoms with E-state index < -0.39 is 0 Å². The molecule has 1 amide bonds. The maximum Gasteiger partial charge on any atom is 0.256 e. The van der Waals surface area contributed by atoms with E-state index in [2.05, 4.69) is 31.9 Å². The van der Waals surface area contributed by atoms with E-state index in [1.807, 2.05) is 59.5 Å². The predicted molar refractivity (Wildman–Crippen MR) is 125 cm³/mol. The number of hydrogen-bond donors (Lipinski definition) is 0. The molecule has 1 aliphatic rings. The molecule has 5 rings (SSSR count). The molecule has 4 aromatic rings. The molecule has 5 nitrogen and oxygen atoms in total. The maximum atomic E-state index is 13.8. The number of aromatic nitrogens is 2. The first-order valence-electron chi connectivity index (χ1n) is 10.6. The van der Waals surface area contributed by atoms with Gasteiger partial charge in [-0.1, -0.05) is 48.5 Å². The SMILES string of the molecule is O=C(c1c(-c2ccccc2)nnc2ccccc12)N1CCCN(Cc2ccsc2)CC1. The minimum Gasteiger partial charge on any atom is -0.337 e. The van der Waals surface area contributed by atoms with Gasteiger partial charge in [0.25, 0.3) is 5.91 Å². The number of carbonyl (C=O) groups is 1. The third-order valence-electron chi connectivity index (χ3n) is 5.79. The summed E-state index contributed by atoms with van der Waals surface area (Å²) >= 11 is 1.73. The first kappa shape index (κ1) is 19.8. The Labute approximate surface area is 186 Å². The van der Waals surface area contributed by atoms with Crippen LogP contribution in [0.15, 0.2) is 71.4 Å². The monoisotopic (exact) mass is 428 g/mol. The van der Waals surface area contributed by atoms with E-state index in [-0.39, 0.29) is 5.91 Å². The highest BCUT2D eigenvalue weighted by Crippen LogP contribution is 2.28. The Kier molecular flexibility index (Phi) is 5.74. The first-order chi connectivity index (χ1) is 15.3. The number of fused-ring (bicyclic) bond motifs is 1. The second-order valence-corrected chi connectivity index (χ2v) is 8.64. The minimum atomic E-state index is 0.0438. The minimum absolute atomic E-state index is 0.0438. The Morgan fingerprint density at radius 2 is 1.74 bits per heavy atom. The maximum absolute atomic E-state index is 13.8. The third-order valence-corrected chi connectivity index (χ3v) is 6.52. The molecule has 0 bridgehead atoms. The summed E-state index contributed by atoms with van der Waals surface area (Å²) in [6, 6.07) is 19.8. The van der Waals surface area contributed by atoms with Crippen LogP contribution in [-0.2, 0) is 6.54 Å². The third kappa shape index (κ3) is 4.22. The fraction of sp³-hybridized carbons (Fsp3) is 0.240. The number of nitrogens with zero attached hydrogens (tertiary/aromatic N) is 4. The highest BCUT2D eigenvalue weighted by atomic mass is 32.1. The summed E-state index contributed by atoms with van der Waals surface area (Å²) in [6.45, 7) is 4.29. The molecule has 1 aliphatic heterocycles. The normalized spacial score (nSPS) is 15.2. The van der Waals surface area contributed by atoms with Gasteiger partial charge >= 0.3 is 0 Å². The van der Waals surface area contributed by atoms with Crippen molar-refractivity contribution in [2.45, 2.75) is 13.0 Å². The second kappa shape index (κ2) is 8.96. The molecule has 0 aliphatic carbocycles. The van der Waals surface area contributed by atoms with Gasteiger partial charge in [0, 0.05) is 43.7 Å². The molecule has 0 saturated carbocycles. The molecule has 6 heteroatoms. The van der Waals surface area contributed by atoms with E-state index in [4.69, 9.17) is 0 Å². The number of thiophene rings is 1. The van der Waals surface area contributed by atoms with Crippen LogP contribution in [0.2, 0.25) is 0 Å². The van der Waals surface area contributed by atoms with Gasteiger partial charge in [0.1, 0.15) is 5.69 Å². The lowest BCUT2D eigenvalue weighted by molar-refractivity contribution is 0.0763. The Morgan fingerprint density at radius 3 is 2.58 bits per heavy atom. The van der Waals surface area contributed by atoms with Gasteiger partial charge in [-0.05, 0) is 34.9 Å². The van der Waals surface area contributed by atoms with Crippen molar-refractivity contribution in [1.82, 2.24) is 20.0 Å². The van der Waals surface area contributed by atoms with Crippen molar-refractivity contribution < 1.29 is 4.79 Å². The molecule has 2 aromatic carbocycles. The van der Waals surface area contributed by atoms with Gasteiger partial charge < -0.3 is 4.90 Å². The first-order valence-corrected chi connectivity index (χ1v) is 11.6. The number of benzene rings is 2. The van der Waals surface area contributed by atoms with Gasteiger partial charge in [-0.25, -0.2) is 0 Å². The standard InChI is InChI=1S/C25H24N4OS/c30-25(29-13-6-12-28(14-15-29)17-19-11-16-31-18-19)23-21-9-4-5-10-22(21)26-27-24(23)20-7-2-1-3-8-20/h1-5,7-11,16,18H,6,12-15,17H2. The quantitative estimate of drug-likeness (QED) is 0.473. The van der Waals surface area contributed by atoms with Gasteiger partial charge in [0.15, 0.2) is 0 Å². The van der Waals surface area contributed by atoms with Crippen LogP contribution in [0.5, 0.6) is 0 Å². The summed E-state index contributed by atoms with van der Waals surface area (Å²) in [5.74, 6) is 0.0438. The van der Waals surface area contributed by atoms with E-state index in [0.29, 0.717) is 17.8 Å². The fourth-order valence-corrected chi connectivity index (χ4v) is 4.86. The molecule has 1 saturated heterocycles. The topological polar surface area (TPSA) is 49.3 Å². The van der Waals surface area contributed by atoms with Crippen LogP contribution in [0.4, 0.5) is 0 Å². The molecule has 0 atom stereocenters. The van der Waals surface area contributed by atoms with Crippen LogP contribution >= 0.6 is 11.3 Å². The molecule has 0 unspecified atom stereocenters.